The second-order valence-corrected chi connectivity index (χ2v) is 4.87. The minimum Gasteiger partial charge on any atom is -0.314 e. The molecule has 1 N–H and O–H groups in total. The summed E-state index contributed by atoms with van der Waals surface area (Å²) in [7, 11) is 0. The Morgan fingerprint density at radius 1 is 0.923 bits per heavy atom. The summed E-state index contributed by atoms with van der Waals surface area (Å²) in [5, 5.41) is 3.60. The van der Waals surface area contributed by atoms with Gasteiger partial charge in [-0.2, -0.15) is 0 Å². The summed E-state index contributed by atoms with van der Waals surface area (Å²) in [6, 6.07) is 0.909. The van der Waals surface area contributed by atoms with E-state index in [1.165, 1.54) is 64.3 Å². The van der Waals surface area contributed by atoms with Gasteiger partial charge in [-0.25, -0.2) is 0 Å². The third-order valence-electron chi connectivity index (χ3n) is 3.52. The van der Waals surface area contributed by atoms with Crippen molar-refractivity contribution >= 4 is 0 Å². The molecule has 0 aliphatic heterocycles. The van der Waals surface area contributed by atoms with Crippen molar-refractivity contribution in [3.05, 3.63) is 0 Å². The van der Waals surface area contributed by atoms with Crippen molar-refractivity contribution in [2.24, 2.45) is 5.92 Å². The van der Waals surface area contributed by atoms with Crippen LogP contribution < -0.4 is 5.32 Å². The first-order chi connectivity index (χ1) is 6.45. The van der Waals surface area contributed by atoms with E-state index in [-0.39, 0.29) is 0 Å². The van der Waals surface area contributed by atoms with Crippen molar-refractivity contribution in [2.45, 2.75) is 63.8 Å². The third kappa shape index (κ3) is 3.68. The highest BCUT2D eigenvalue weighted by molar-refractivity contribution is 4.80. The fourth-order valence-electron chi connectivity index (χ4n) is 2.46. The SMILES string of the molecule is C1CCC(CCCNC2CC2)CC1. The molecule has 0 radical (unpaired) electrons. The summed E-state index contributed by atoms with van der Waals surface area (Å²) in [5.74, 6) is 1.08. The summed E-state index contributed by atoms with van der Waals surface area (Å²) in [6.45, 7) is 1.28. The predicted octanol–water partition coefficient (Wildman–Crippen LogP) is 3.10. The predicted molar refractivity (Wildman–Crippen MR) is 56.8 cm³/mol. The topological polar surface area (TPSA) is 12.0 Å². The van der Waals surface area contributed by atoms with Gasteiger partial charge in [0.1, 0.15) is 0 Å². The van der Waals surface area contributed by atoms with Crippen LogP contribution in [0.15, 0.2) is 0 Å². The first-order valence-electron chi connectivity index (χ1n) is 6.18. The van der Waals surface area contributed by atoms with E-state index in [9.17, 15) is 0 Å². The smallest absolute Gasteiger partial charge is 0.00682 e. The van der Waals surface area contributed by atoms with E-state index >= 15 is 0 Å². The summed E-state index contributed by atoms with van der Waals surface area (Å²) in [4.78, 5) is 0. The molecule has 0 unspecified atom stereocenters. The highest BCUT2D eigenvalue weighted by Gasteiger charge is 2.20. The second kappa shape index (κ2) is 4.99. The molecule has 1 nitrogen and oxygen atoms in total. The second-order valence-electron chi connectivity index (χ2n) is 4.87. The minimum absolute atomic E-state index is 0.909. The first-order valence-corrected chi connectivity index (χ1v) is 6.18. The lowest BCUT2D eigenvalue weighted by molar-refractivity contribution is 0.330. The lowest BCUT2D eigenvalue weighted by Gasteiger charge is -2.21. The van der Waals surface area contributed by atoms with E-state index in [1.807, 2.05) is 0 Å². The minimum atomic E-state index is 0.909. The molecule has 0 aromatic carbocycles. The highest BCUT2D eigenvalue weighted by Crippen LogP contribution is 2.27. The molecule has 2 fully saturated rings. The third-order valence-corrected chi connectivity index (χ3v) is 3.52. The van der Waals surface area contributed by atoms with E-state index in [0.717, 1.165) is 12.0 Å². The van der Waals surface area contributed by atoms with E-state index < -0.39 is 0 Å². The number of hydrogen-bond donors (Lipinski definition) is 1. The number of nitrogens with one attached hydrogen (secondary N) is 1. The molecule has 13 heavy (non-hydrogen) atoms. The molecule has 2 saturated carbocycles. The average Bonchev–Trinajstić information content (AvgIpc) is 2.98. The number of hydrogen-bond acceptors (Lipinski definition) is 1. The van der Waals surface area contributed by atoms with Gasteiger partial charge in [-0.15, -0.1) is 0 Å². The normalized spacial score (nSPS) is 24.9. The van der Waals surface area contributed by atoms with Gasteiger partial charge in [0.15, 0.2) is 0 Å². The Bertz CT molecular complexity index is 134. The van der Waals surface area contributed by atoms with Crippen molar-refractivity contribution in [3.8, 4) is 0 Å². The van der Waals surface area contributed by atoms with Crippen LogP contribution in [0, 0.1) is 5.92 Å². The molecule has 0 amide bonds. The molecular weight excluding hydrogens is 158 g/mol. The van der Waals surface area contributed by atoms with Gasteiger partial charge < -0.3 is 5.32 Å². The van der Waals surface area contributed by atoms with E-state index in [1.54, 1.807) is 0 Å². The molecule has 76 valence electrons. The number of rotatable bonds is 5. The first kappa shape index (κ1) is 9.51. The molecule has 2 aliphatic rings. The molecule has 2 rings (SSSR count). The fourth-order valence-corrected chi connectivity index (χ4v) is 2.46. The van der Waals surface area contributed by atoms with E-state index in [0.29, 0.717) is 0 Å². The molecule has 1 heteroatoms. The Morgan fingerprint density at radius 2 is 1.69 bits per heavy atom. The maximum absolute atomic E-state index is 3.60. The van der Waals surface area contributed by atoms with Crippen LogP contribution in [0.2, 0.25) is 0 Å². The van der Waals surface area contributed by atoms with Gasteiger partial charge in [0, 0.05) is 6.04 Å². The molecule has 0 aromatic heterocycles. The zero-order chi connectivity index (χ0) is 8.93. The van der Waals surface area contributed by atoms with Crippen LogP contribution in [-0.2, 0) is 0 Å². The van der Waals surface area contributed by atoms with Crippen molar-refractivity contribution < 1.29 is 0 Å². The van der Waals surface area contributed by atoms with Crippen molar-refractivity contribution in [2.75, 3.05) is 6.54 Å². The molecule has 0 heterocycles. The molecule has 0 saturated heterocycles. The van der Waals surface area contributed by atoms with Gasteiger partial charge in [0.25, 0.3) is 0 Å². The Hall–Kier alpha value is -0.0400. The Morgan fingerprint density at radius 3 is 2.38 bits per heavy atom. The van der Waals surface area contributed by atoms with E-state index in [4.69, 9.17) is 0 Å². The lowest BCUT2D eigenvalue weighted by atomic mass is 9.86. The summed E-state index contributed by atoms with van der Waals surface area (Å²) >= 11 is 0. The monoisotopic (exact) mass is 181 g/mol. The van der Waals surface area contributed by atoms with Crippen molar-refractivity contribution in [1.29, 1.82) is 0 Å². The van der Waals surface area contributed by atoms with Gasteiger partial charge in [0.05, 0.1) is 0 Å². The van der Waals surface area contributed by atoms with Gasteiger partial charge in [-0.3, -0.25) is 0 Å². The zero-order valence-electron chi connectivity index (χ0n) is 8.73. The van der Waals surface area contributed by atoms with Crippen LogP contribution in [0.3, 0.4) is 0 Å². The van der Waals surface area contributed by atoms with Crippen LogP contribution in [0.1, 0.15) is 57.8 Å². The summed E-state index contributed by atoms with van der Waals surface area (Å²) in [5.41, 5.74) is 0. The zero-order valence-corrected chi connectivity index (χ0v) is 8.73. The molecule has 2 aliphatic carbocycles. The fraction of sp³-hybridized carbons (Fsp3) is 1.00. The molecule has 0 spiro atoms. The molecule has 0 bridgehead atoms. The maximum atomic E-state index is 3.60. The maximum Gasteiger partial charge on any atom is 0.00682 e. The van der Waals surface area contributed by atoms with Crippen LogP contribution >= 0.6 is 0 Å². The summed E-state index contributed by atoms with van der Waals surface area (Å²) < 4.78 is 0. The Labute approximate surface area is 82.3 Å². The van der Waals surface area contributed by atoms with Crippen molar-refractivity contribution in [3.63, 3.8) is 0 Å². The molecule has 0 aromatic rings. The lowest BCUT2D eigenvalue weighted by Crippen LogP contribution is -2.18. The molecular formula is C12H23N. The van der Waals surface area contributed by atoms with Crippen LogP contribution in [0.4, 0.5) is 0 Å². The average molecular weight is 181 g/mol. The van der Waals surface area contributed by atoms with E-state index in [2.05, 4.69) is 5.32 Å². The van der Waals surface area contributed by atoms with Gasteiger partial charge in [-0.05, 0) is 38.1 Å². The van der Waals surface area contributed by atoms with Crippen LogP contribution in [0.25, 0.3) is 0 Å². The Balaban J connectivity index is 1.46. The van der Waals surface area contributed by atoms with Crippen LogP contribution in [0.5, 0.6) is 0 Å². The largest absolute Gasteiger partial charge is 0.314 e. The Kier molecular flexibility index (Phi) is 3.65. The quantitative estimate of drug-likeness (QED) is 0.643. The standard InChI is InChI=1S/C12H23N/c1-2-5-11(6-3-1)7-4-10-13-12-8-9-12/h11-13H,1-10H2. The highest BCUT2D eigenvalue weighted by atomic mass is 14.9. The molecule has 0 atom stereocenters. The van der Waals surface area contributed by atoms with Gasteiger partial charge in [-0.1, -0.05) is 32.1 Å². The summed E-state index contributed by atoms with van der Waals surface area (Å²) in [6.07, 6.45) is 13.3. The van der Waals surface area contributed by atoms with Gasteiger partial charge in [0.2, 0.25) is 0 Å². The van der Waals surface area contributed by atoms with Gasteiger partial charge >= 0.3 is 0 Å². The van der Waals surface area contributed by atoms with Crippen LogP contribution in [-0.4, -0.2) is 12.6 Å². The van der Waals surface area contributed by atoms with Crippen molar-refractivity contribution in [1.82, 2.24) is 5.32 Å².